The van der Waals surface area contributed by atoms with Crippen molar-refractivity contribution in [3.05, 3.63) is 0 Å². The summed E-state index contributed by atoms with van der Waals surface area (Å²) in [4.78, 5) is 26.2. The standard InChI is InChI=1S/C14H28O8.2CH2O.2CH4/c15-5-1-3-7-19-11-13(21-8-4-2-6-16)12-20-9-10-22-14(17)18;2*1-2;;/h13,15-16H,1-12H2,(H,17,18);2*1H2;2*1H4. The summed E-state index contributed by atoms with van der Waals surface area (Å²) in [5.74, 6) is 0. The minimum atomic E-state index is -1.33. The molecule has 0 aromatic carbocycles. The second kappa shape index (κ2) is 36.3. The highest BCUT2D eigenvalue weighted by Crippen LogP contribution is 2.00. The van der Waals surface area contributed by atoms with E-state index in [0.717, 1.165) is 12.8 Å². The predicted molar refractivity (Wildman–Crippen MR) is 106 cm³/mol. The molecular weight excluding hydrogens is 376 g/mol. The Labute approximate surface area is 168 Å². The third kappa shape index (κ3) is 35.5. The second-order valence-electron chi connectivity index (χ2n) is 4.62. The molecule has 0 fully saturated rings. The maximum atomic E-state index is 10.2. The van der Waals surface area contributed by atoms with Gasteiger partial charge in [-0.15, -0.1) is 0 Å². The van der Waals surface area contributed by atoms with E-state index >= 15 is 0 Å². The van der Waals surface area contributed by atoms with Gasteiger partial charge >= 0.3 is 6.16 Å². The van der Waals surface area contributed by atoms with Crippen LogP contribution in [0.2, 0.25) is 0 Å². The van der Waals surface area contributed by atoms with Crippen LogP contribution in [0.25, 0.3) is 0 Å². The molecule has 10 heteroatoms. The summed E-state index contributed by atoms with van der Waals surface area (Å²) in [6.45, 7) is 6.11. The maximum absolute atomic E-state index is 10.2. The fraction of sp³-hybridized carbons (Fsp3) is 0.833. The first kappa shape index (κ1) is 37.2. The molecule has 0 aromatic rings. The lowest BCUT2D eigenvalue weighted by atomic mass is 10.3. The highest BCUT2D eigenvalue weighted by Gasteiger charge is 2.10. The molecule has 0 bridgehead atoms. The number of carboxylic acid groups (broad SMARTS) is 1. The summed E-state index contributed by atoms with van der Waals surface area (Å²) < 4.78 is 20.7. The van der Waals surface area contributed by atoms with E-state index in [2.05, 4.69) is 4.74 Å². The van der Waals surface area contributed by atoms with Crippen LogP contribution in [-0.4, -0.2) is 94.0 Å². The number of aliphatic hydroxyl groups is 2. The normalized spacial score (nSPS) is 9.93. The van der Waals surface area contributed by atoms with Gasteiger partial charge in [0.2, 0.25) is 0 Å². The minimum Gasteiger partial charge on any atom is -0.450 e. The van der Waals surface area contributed by atoms with Crippen molar-refractivity contribution >= 4 is 19.7 Å². The van der Waals surface area contributed by atoms with Gasteiger partial charge in [0.05, 0.1) is 19.8 Å². The Kier molecular flexibility index (Phi) is 48.3. The molecule has 1 atom stereocenters. The van der Waals surface area contributed by atoms with Gasteiger partial charge in [0.15, 0.2) is 0 Å². The summed E-state index contributed by atoms with van der Waals surface area (Å²) in [5, 5.41) is 25.7. The van der Waals surface area contributed by atoms with E-state index in [1.807, 2.05) is 13.6 Å². The highest BCUT2D eigenvalue weighted by molar-refractivity contribution is 5.56. The molecule has 0 heterocycles. The Hall–Kier alpha value is -1.59. The smallest absolute Gasteiger partial charge is 0.450 e. The first-order chi connectivity index (χ1) is 12.7. The number of rotatable bonds is 16. The highest BCUT2D eigenvalue weighted by atomic mass is 16.7. The van der Waals surface area contributed by atoms with Crippen LogP contribution >= 0.6 is 0 Å². The minimum absolute atomic E-state index is 0. The van der Waals surface area contributed by atoms with E-state index in [1.54, 1.807) is 0 Å². The van der Waals surface area contributed by atoms with Crippen LogP contribution < -0.4 is 0 Å². The van der Waals surface area contributed by atoms with Crippen LogP contribution in [-0.2, 0) is 28.5 Å². The third-order valence-electron chi connectivity index (χ3n) is 2.66. The summed E-state index contributed by atoms with van der Waals surface area (Å²) in [6.07, 6.45) is 1.33. The van der Waals surface area contributed by atoms with Crippen molar-refractivity contribution < 1.29 is 48.7 Å². The lowest BCUT2D eigenvalue weighted by Crippen LogP contribution is -2.27. The Bertz CT molecular complexity index is 277. The van der Waals surface area contributed by atoms with Gasteiger partial charge in [-0.3, -0.25) is 0 Å². The Morgan fingerprint density at radius 3 is 1.68 bits per heavy atom. The zero-order chi connectivity index (χ0) is 20.5. The third-order valence-corrected chi connectivity index (χ3v) is 2.66. The van der Waals surface area contributed by atoms with Gasteiger partial charge in [0.1, 0.15) is 26.3 Å². The number of carbonyl (C=O) groups excluding carboxylic acids is 2. The Morgan fingerprint density at radius 1 is 0.750 bits per heavy atom. The van der Waals surface area contributed by atoms with Crippen molar-refractivity contribution in [3.63, 3.8) is 0 Å². The summed E-state index contributed by atoms with van der Waals surface area (Å²) in [5.41, 5.74) is 0. The molecule has 0 spiro atoms. The lowest BCUT2D eigenvalue weighted by Gasteiger charge is -2.18. The fourth-order valence-electron chi connectivity index (χ4n) is 1.54. The summed E-state index contributed by atoms with van der Waals surface area (Å²) >= 11 is 0. The molecule has 0 amide bonds. The van der Waals surface area contributed by atoms with Crippen molar-refractivity contribution in [2.45, 2.75) is 46.6 Å². The van der Waals surface area contributed by atoms with E-state index in [1.165, 1.54) is 0 Å². The number of aliphatic hydroxyl groups excluding tert-OH is 2. The summed E-state index contributed by atoms with van der Waals surface area (Å²) in [7, 11) is 0. The molecule has 0 radical (unpaired) electrons. The van der Waals surface area contributed by atoms with Crippen molar-refractivity contribution in [2.24, 2.45) is 0 Å². The zero-order valence-corrected chi connectivity index (χ0v) is 15.2. The molecule has 1 unspecified atom stereocenters. The molecule has 0 saturated carbocycles. The van der Waals surface area contributed by atoms with Crippen LogP contribution in [0.15, 0.2) is 0 Å². The molecular formula is C18H40O10. The summed E-state index contributed by atoms with van der Waals surface area (Å²) in [6, 6.07) is 0. The molecule has 0 aliphatic rings. The van der Waals surface area contributed by atoms with E-state index in [9.17, 15) is 4.79 Å². The Balaban J connectivity index is -0.000000274. The van der Waals surface area contributed by atoms with E-state index in [4.69, 9.17) is 39.1 Å². The van der Waals surface area contributed by atoms with Crippen LogP contribution in [0.1, 0.15) is 40.5 Å². The SMILES string of the molecule is C.C.C=O.C=O.O=C(O)OCCOCC(COCCCCO)OCCCCO. The molecule has 172 valence electrons. The van der Waals surface area contributed by atoms with Gasteiger partial charge in [-0.25, -0.2) is 4.79 Å². The molecule has 3 N–H and O–H groups in total. The van der Waals surface area contributed by atoms with Gasteiger partial charge < -0.3 is 43.9 Å². The number of unbranched alkanes of at least 4 members (excludes halogenated alkanes) is 2. The van der Waals surface area contributed by atoms with E-state index in [0.29, 0.717) is 32.7 Å². The predicted octanol–water partition coefficient (Wildman–Crippen LogP) is 1.55. The lowest BCUT2D eigenvalue weighted by molar-refractivity contribution is -0.0987. The molecule has 0 saturated heterocycles. The molecule has 0 aliphatic heterocycles. The maximum Gasteiger partial charge on any atom is 0.505 e. The van der Waals surface area contributed by atoms with Crippen LogP contribution in [0, 0.1) is 0 Å². The average Bonchev–Trinajstić information content (AvgIpc) is 2.67. The quantitative estimate of drug-likeness (QED) is 0.250. The van der Waals surface area contributed by atoms with E-state index < -0.39 is 6.16 Å². The van der Waals surface area contributed by atoms with Crippen molar-refractivity contribution in [2.75, 3.05) is 52.9 Å². The van der Waals surface area contributed by atoms with Crippen LogP contribution in [0.5, 0.6) is 0 Å². The van der Waals surface area contributed by atoms with Crippen LogP contribution in [0.4, 0.5) is 4.79 Å². The zero-order valence-electron chi connectivity index (χ0n) is 15.2. The molecule has 0 rings (SSSR count). The number of ether oxygens (including phenoxy) is 4. The van der Waals surface area contributed by atoms with Gasteiger partial charge in [-0.05, 0) is 25.7 Å². The number of hydrogen-bond donors (Lipinski definition) is 3. The van der Waals surface area contributed by atoms with Gasteiger partial charge in [0.25, 0.3) is 0 Å². The number of carbonyl (C=O) groups is 3. The first-order valence-corrected chi connectivity index (χ1v) is 8.13. The second-order valence-corrected chi connectivity index (χ2v) is 4.62. The Morgan fingerprint density at radius 2 is 1.21 bits per heavy atom. The van der Waals surface area contributed by atoms with Crippen molar-refractivity contribution in [1.82, 2.24) is 0 Å². The topological polar surface area (TPSA) is 149 Å². The molecule has 28 heavy (non-hydrogen) atoms. The first-order valence-electron chi connectivity index (χ1n) is 8.13. The molecule has 0 aromatic heterocycles. The van der Waals surface area contributed by atoms with Gasteiger partial charge in [0, 0.05) is 26.4 Å². The largest absolute Gasteiger partial charge is 0.505 e. The van der Waals surface area contributed by atoms with Gasteiger partial charge in [-0.2, -0.15) is 0 Å². The number of hydrogen-bond acceptors (Lipinski definition) is 9. The van der Waals surface area contributed by atoms with Gasteiger partial charge in [-0.1, -0.05) is 14.9 Å². The van der Waals surface area contributed by atoms with Crippen LogP contribution in [0.3, 0.4) is 0 Å². The van der Waals surface area contributed by atoms with E-state index in [-0.39, 0.29) is 54.0 Å². The molecule has 0 aliphatic carbocycles. The van der Waals surface area contributed by atoms with Crippen molar-refractivity contribution in [1.29, 1.82) is 0 Å². The fourth-order valence-corrected chi connectivity index (χ4v) is 1.54. The molecule has 10 nitrogen and oxygen atoms in total. The van der Waals surface area contributed by atoms with Crippen molar-refractivity contribution in [3.8, 4) is 0 Å². The average molecular weight is 417 g/mol. The monoisotopic (exact) mass is 416 g/mol.